The number of hydrogen-bond acceptors (Lipinski definition) is 11. The van der Waals surface area contributed by atoms with Gasteiger partial charge in [-0.2, -0.15) is 10.4 Å². The molecule has 1 amide bonds. The minimum Gasteiger partial charge on any atom is -0.465 e. The third kappa shape index (κ3) is 9.57. The van der Waals surface area contributed by atoms with Crippen LogP contribution in [-0.4, -0.2) is 74.9 Å². The van der Waals surface area contributed by atoms with E-state index in [1.807, 2.05) is 13.8 Å². The highest BCUT2D eigenvalue weighted by atomic mass is 28.4. The number of rotatable bonds is 12. The van der Waals surface area contributed by atoms with Crippen molar-refractivity contribution < 1.29 is 37.4 Å². The van der Waals surface area contributed by atoms with Gasteiger partial charge in [-0.3, -0.25) is 14.9 Å². The number of anilines is 1. The molecule has 2 aliphatic carbocycles. The van der Waals surface area contributed by atoms with Gasteiger partial charge in [0, 0.05) is 5.92 Å². The van der Waals surface area contributed by atoms with Crippen LogP contribution in [0.2, 0.25) is 39.3 Å². The Balaban J connectivity index is 1.67. The van der Waals surface area contributed by atoms with E-state index in [1.165, 1.54) is 12.7 Å². The summed E-state index contributed by atoms with van der Waals surface area (Å²) >= 11 is 0. The molecule has 0 radical (unpaired) electrons. The summed E-state index contributed by atoms with van der Waals surface area (Å²) in [7, 11) is -4.50. The second-order valence-electron chi connectivity index (χ2n) is 17.5. The van der Waals surface area contributed by atoms with Crippen molar-refractivity contribution in [2.45, 2.75) is 130 Å². The fourth-order valence-electron chi connectivity index (χ4n) is 7.07. The van der Waals surface area contributed by atoms with Crippen molar-refractivity contribution >= 4 is 46.0 Å². The molecule has 4 rings (SSSR count). The smallest absolute Gasteiger partial charge is 0.415 e. The lowest BCUT2D eigenvalue weighted by Gasteiger charge is -2.38. The largest absolute Gasteiger partial charge is 0.465 e. The monoisotopic (exact) mass is 743 g/mol. The van der Waals surface area contributed by atoms with Crippen molar-refractivity contribution in [3.05, 3.63) is 24.2 Å². The van der Waals surface area contributed by atoms with E-state index < -0.39 is 63.9 Å². The molecule has 0 spiro atoms. The quantitative estimate of drug-likeness (QED) is 0.133. The number of fused-ring (bicyclic) bond motifs is 1. The molecule has 2 fully saturated rings. The highest BCUT2D eigenvalue weighted by Crippen LogP contribution is 2.50. The molecule has 51 heavy (non-hydrogen) atoms. The molecule has 282 valence electrons. The molecule has 13 nitrogen and oxygen atoms in total. The first-order chi connectivity index (χ1) is 23.6. The molecule has 0 aliphatic heterocycles. The molecule has 2 heterocycles. The highest BCUT2D eigenvalue weighted by molar-refractivity contribution is 6.70. The molecule has 4 atom stereocenters. The zero-order valence-corrected chi connectivity index (χ0v) is 34.3. The molecule has 0 aromatic carbocycles. The lowest BCUT2D eigenvalue weighted by molar-refractivity contribution is -0.161. The second kappa shape index (κ2) is 15.3. The van der Waals surface area contributed by atoms with Crippen LogP contribution in [-0.2, 0) is 38.1 Å². The maximum atomic E-state index is 13.7. The van der Waals surface area contributed by atoms with Gasteiger partial charge in [-0.25, -0.2) is 14.3 Å². The van der Waals surface area contributed by atoms with E-state index in [-0.39, 0.29) is 30.2 Å². The maximum Gasteiger partial charge on any atom is 0.415 e. The fourth-order valence-corrected chi connectivity index (χ4v) is 9.30. The SMILES string of the molecule is CC(C)(C)C(=O)OCOC(=O)Nc1ncnn2c([C@]3(C#N)C[C@H](COC(=O)C(C)(C)C4CCCCC4)C(O[Si](C)(C)C)C3O[Si](C)(C)C)ccc12. The van der Waals surface area contributed by atoms with Crippen LogP contribution < -0.4 is 5.32 Å². The molecule has 2 aliphatic rings. The number of aromatic nitrogens is 3. The van der Waals surface area contributed by atoms with E-state index in [2.05, 4.69) is 60.8 Å². The van der Waals surface area contributed by atoms with Gasteiger partial charge in [-0.05, 0) is 111 Å². The van der Waals surface area contributed by atoms with Gasteiger partial charge in [-0.1, -0.05) is 19.3 Å². The number of carbonyl (C=O) groups is 3. The van der Waals surface area contributed by atoms with E-state index in [0.717, 1.165) is 25.7 Å². The van der Waals surface area contributed by atoms with Gasteiger partial charge in [-0.15, -0.1) is 0 Å². The third-order valence-electron chi connectivity index (χ3n) is 9.70. The predicted octanol–water partition coefficient (Wildman–Crippen LogP) is 7.20. The summed E-state index contributed by atoms with van der Waals surface area (Å²) in [6.07, 6.45) is 4.95. The number of ether oxygens (including phenoxy) is 3. The van der Waals surface area contributed by atoms with E-state index >= 15 is 0 Å². The fraction of sp³-hybridized carbons (Fsp3) is 0.722. The van der Waals surface area contributed by atoms with E-state index in [9.17, 15) is 19.6 Å². The average Bonchev–Trinajstić information content (AvgIpc) is 3.58. The van der Waals surface area contributed by atoms with Gasteiger partial charge in [0.05, 0.1) is 41.4 Å². The number of nitrogens with zero attached hydrogens (tertiary/aromatic N) is 4. The number of nitrogens with one attached hydrogen (secondary N) is 1. The zero-order chi connectivity index (χ0) is 38.0. The summed E-state index contributed by atoms with van der Waals surface area (Å²) in [5.41, 5.74) is -1.66. The molecule has 0 bridgehead atoms. The molecule has 2 aromatic heterocycles. The lowest BCUT2D eigenvalue weighted by atomic mass is 9.71. The number of hydrogen-bond donors (Lipinski definition) is 1. The van der Waals surface area contributed by atoms with Gasteiger partial charge in [0.2, 0.25) is 6.79 Å². The van der Waals surface area contributed by atoms with Crippen LogP contribution in [0.15, 0.2) is 18.5 Å². The Morgan fingerprint density at radius 2 is 1.59 bits per heavy atom. The first kappa shape index (κ1) is 40.4. The van der Waals surface area contributed by atoms with Crippen molar-refractivity contribution in [1.29, 1.82) is 5.26 Å². The van der Waals surface area contributed by atoms with Crippen molar-refractivity contribution in [2.24, 2.45) is 22.7 Å². The minimum atomic E-state index is -2.29. The van der Waals surface area contributed by atoms with Gasteiger partial charge >= 0.3 is 18.0 Å². The first-order valence-corrected chi connectivity index (χ1v) is 24.8. The summed E-state index contributed by atoms with van der Waals surface area (Å²) in [5.74, 6) is -0.665. The van der Waals surface area contributed by atoms with Crippen LogP contribution in [0, 0.1) is 34.0 Å². The Bertz CT molecular complexity index is 1610. The van der Waals surface area contributed by atoms with Crippen LogP contribution in [0.4, 0.5) is 10.6 Å². The number of amides is 1. The van der Waals surface area contributed by atoms with Crippen LogP contribution >= 0.6 is 0 Å². The second-order valence-corrected chi connectivity index (χ2v) is 26.4. The Kier molecular flexibility index (Phi) is 12.2. The molecule has 0 saturated heterocycles. The molecule has 2 aromatic rings. The first-order valence-electron chi connectivity index (χ1n) is 18.0. The molecule has 15 heteroatoms. The lowest BCUT2D eigenvalue weighted by Crippen LogP contribution is -2.51. The summed E-state index contributed by atoms with van der Waals surface area (Å²) in [5, 5.41) is 18.3. The normalized spacial score (nSPS) is 23.5. The molecule has 2 unspecified atom stereocenters. The third-order valence-corrected chi connectivity index (χ3v) is 11.6. The summed E-state index contributed by atoms with van der Waals surface area (Å²) in [6, 6.07) is 6.14. The Labute approximate surface area is 304 Å². The highest BCUT2D eigenvalue weighted by Gasteiger charge is 2.60. The van der Waals surface area contributed by atoms with Crippen LogP contribution in [0.5, 0.6) is 0 Å². The van der Waals surface area contributed by atoms with Crippen LogP contribution in [0.3, 0.4) is 0 Å². The van der Waals surface area contributed by atoms with E-state index in [4.69, 9.17) is 23.1 Å². The van der Waals surface area contributed by atoms with Crippen LogP contribution in [0.25, 0.3) is 5.52 Å². The minimum absolute atomic E-state index is 0.0931. The van der Waals surface area contributed by atoms with E-state index in [0.29, 0.717) is 17.6 Å². The van der Waals surface area contributed by atoms with Gasteiger partial charge in [0.1, 0.15) is 17.3 Å². The van der Waals surface area contributed by atoms with Crippen molar-refractivity contribution in [3.63, 3.8) is 0 Å². The Morgan fingerprint density at radius 3 is 2.18 bits per heavy atom. The van der Waals surface area contributed by atoms with Crippen molar-refractivity contribution in [3.8, 4) is 6.07 Å². The predicted molar refractivity (Wildman–Crippen MR) is 197 cm³/mol. The topological polar surface area (TPSA) is 163 Å². The summed E-state index contributed by atoms with van der Waals surface area (Å²) < 4.78 is 31.6. The van der Waals surface area contributed by atoms with Crippen LogP contribution in [0.1, 0.15) is 78.8 Å². The van der Waals surface area contributed by atoms with E-state index in [1.54, 1.807) is 37.4 Å². The van der Waals surface area contributed by atoms with Gasteiger partial charge < -0.3 is 23.1 Å². The molecular weight excluding hydrogens is 687 g/mol. The summed E-state index contributed by atoms with van der Waals surface area (Å²) in [6.45, 7) is 21.1. The molecule has 1 N–H and O–H groups in total. The number of esters is 2. The number of nitriles is 1. The Hall–Kier alpha value is -3.33. The Morgan fingerprint density at radius 1 is 0.941 bits per heavy atom. The summed E-state index contributed by atoms with van der Waals surface area (Å²) in [4.78, 5) is 42.7. The zero-order valence-electron chi connectivity index (χ0n) is 32.3. The number of carbonyl (C=O) groups excluding carboxylic acids is 3. The van der Waals surface area contributed by atoms with Gasteiger partial charge in [0.25, 0.3) is 0 Å². The standard InChI is InChI=1S/C36H57N5O8Si2/c1-34(2,3)31(42)46-23-47-33(44)40-30-26-17-18-27(41(26)39-22-38-30)36(21-37)19-24(28(48-50(6,7)8)29(36)49-51(9,10)11)20-45-32(43)35(4,5)25-15-13-12-14-16-25/h17-18,22,24-25,28-29H,12-16,19-20,23H2,1-11H3,(H,38,39,40,44)/t24-,28?,29?,36-/m1/s1. The average molecular weight is 744 g/mol. The van der Waals surface area contributed by atoms with Gasteiger partial charge in [0.15, 0.2) is 22.5 Å². The molecular formula is C36H57N5O8Si2. The van der Waals surface area contributed by atoms with Crippen molar-refractivity contribution in [1.82, 2.24) is 14.6 Å². The maximum absolute atomic E-state index is 13.7. The molecule has 2 saturated carbocycles. The van der Waals surface area contributed by atoms with Crippen molar-refractivity contribution in [2.75, 3.05) is 18.7 Å².